The van der Waals surface area contributed by atoms with Crippen molar-refractivity contribution in [1.82, 2.24) is 10.1 Å². The zero-order chi connectivity index (χ0) is 13.1. The molecule has 18 heavy (non-hydrogen) atoms. The molecule has 1 N–H and O–H groups in total. The number of amides is 2. The van der Waals surface area contributed by atoms with Gasteiger partial charge in [0.25, 0.3) is 0 Å². The fraction of sp³-hybridized carbons (Fsp3) is 0.583. The average molecular weight is 251 g/mol. The summed E-state index contributed by atoms with van der Waals surface area (Å²) in [6.07, 6.45) is 3.00. The van der Waals surface area contributed by atoms with Crippen LogP contribution in [0.4, 0.5) is 5.82 Å². The third-order valence-electron chi connectivity index (χ3n) is 3.13. The predicted octanol–water partition coefficient (Wildman–Crippen LogP) is 1.32. The van der Waals surface area contributed by atoms with Crippen LogP contribution in [0.3, 0.4) is 0 Å². The molecular formula is C12H17N3O3. The van der Waals surface area contributed by atoms with Crippen molar-refractivity contribution in [2.45, 2.75) is 39.2 Å². The fourth-order valence-electron chi connectivity index (χ4n) is 2.13. The summed E-state index contributed by atoms with van der Waals surface area (Å²) >= 11 is 0. The Morgan fingerprint density at radius 2 is 2.28 bits per heavy atom. The maximum atomic E-state index is 12.0. The summed E-state index contributed by atoms with van der Waals surface area (Å²) in [5, 5.41) is 6.07. The molecule has 1 aliphatic heterocycles. The van der Waals surface area contributed by atoms with Gasteiger partial charge in [-0.2, -0.15) is 0 Å². The summed E-state index contributed by atoms with van der Waals surface area (Å²) in [5.74, 6) is -0.292. The first-order valence-corrected chi connectivity index (χ1v) is 6.13. The maximum Gasteiger partial charge on any atom is 0.315 e. The van der Waals surface area contributed by atoms with Crippen molar-refractivity contribution in [3.05, 3.63) is 11.8 Å². The summed E-state index contributed by atoms with van der Waals surface area (Å²) in [7, 11) is 0. The van der Waals surface area contributed by atoms with E-state index >= 15 is 0 Å². The van der Waals surface area contributed by atoms with Gasteiger partial charge in [0, 0.05) is 18.7 Å². The Bertz CT molecular complexity index is 455. The van der Waals surface area contributed by atoms with Crippen LogP contribution < -0.4 is 5.32 Å². The van der Waals surface area contributed by atoms with Gasteiger partial charge in [-0.25, -0.2) is 0 Å². The Kier molecular flexibility index (Phi) is 3.64. The van der Waals surface area contributed by atoms with E-state index in [1.807, 2.05) is 6.92 Å². The molecule has 1 atom stereocenters. The number of hydrogen-bond acceptors (Lipinski definition) is 4. The number of aromatic nitrogens is 1. The molecule has 0 spiro atoms. The lowest BCUT2D eigenvalue weighted by Crippen LogP contribution is -2.47. The molecule has 0 saturated carbocycles. The van der Waals surface area contributed by atoms with E-state index in [2.05, 4.69) is 10.5 Å². The molecule has 6 nitrogen and oxygen atoms in total. The lowest BCUT2D eigenvalue weighted by molar-refractivity contribution is -0.145. The van der Waals surface area contributed by atoms with E-state index in [-0.39, 0.29) is 11.9 Å². The van der Waals surface area contributed by atoms with Crippen LogP contribution in [0, 0.1) is 6.92 Å². The highest BCUT2D eigenvalue weighted by atomic mass is 16.5. The SMILES string of the molecule is Cc1cc(NC(=O)C(=O)N2CCCCC2C)no1. The number of hydrogen-bond donors (Lipinski definition) is 1. The van der Waals surface area contributed by atoms with Gasteiger partial charge in [0.15, 0.2) is 5.82 Å². The van der Waals surface area contributed by atoms with Crippen molar-refractivity contribution in [3.8, 4) is 0 Å². The molecule has 98 valence electrons. The van der Waals surface area contributed by atoms with Crippen molar-refractivity contribution >= 4 is 17.6 Å². The Morgan fingerprint density at radius 1 is 1.50 bits per heavy atom. The second-order valence-electron chi connectivity index (χ2n) is 4.62. The largest absolute Gasteiger partial charge is 0.360 e. The zero-order valence-electron chi connectivity index (χ0n) is 10.6. The third-order valence-corrected chi connectivity index (χ3v) is 3.13. The van der Waals surface area contributed by atoms with Crippen molar-refractivity contribution < 1.29 is 14.1 Å². The molecule has 1 saturated heterocycles. The van der Waals surface area contributed by atoms with Gasteiger partial charge in [-0.3, -0.25) is 14.9 Å². The van der Waals surface area contributed by atoms with Crippen LogP contribution in [0.5, 0.6) is 0 Å². The summed E-state index contributed by atoms with van der Waals surface area (Å²) in [6.45, 7) is 4.33. The molecule has 1 fully saturated rings. The Balaban J connectivity index is 1.98. The third kappa shape index (κ3) is 2.69. The number of carbonyl (C=O) groups excluding carboxylic acids is 2. The lowest BCUT2D eigenvalue weighted by atomic mass is 10.0. The topological polar surface area (TPSA) is 75.4 Å². The van der Waals surface area contributed by atoms with E-state index in [1.165, 1.54) is 0 Å². The molecule has 2 heterocycles. The second-order valence-corrected chi connectivity index (χ2v) is 4.62. The highest BCUT2D eigenvalue weighted by molar-refractivity contribution is 6.39. The summed E-state index contributed by atoms with van der Waals surface area (Å²) < 4.78 is 4.82. The summed E-state index contributed by atoms with van der Waals surface area (Å²) in [4.78, 5) is 25.4. The number of aryl methyl sites for hydroxylation is 1. The molecule has 1 aromatic heterocycles. The van der Waals surface area contributed by atoms with Crippen LogP contribution >= 0.6 is 0 Å². The molecule has 0 radical (unpaired) electrons. The number of anilines is 1. The van der Waals surface area contributed by atoms with E-state index in [0.717, 1.165) is 19.3 Å². The molecule has 2 rings (SSSR count). The molecular weight excluding hydrogens is 234 g/mol. The van der Waals surface area contributed by atoms with Crippen LogP contribution in [0.25, 0.3) is 0 Å². The smallest absolute Gasteiger partial charge is 0.315 e. The normalized spacial score (nSPS) is 19.7. The summed E-state index contributed by atoms with van der Waals surface area (Å²) in [6, 6.07) is 1.70. The van der Waals surface area contributed by atoms with Crippen molar-refractivity contribution in [1.29, 1.82) is 0 Å². The van der Waals surface area contributed by atoms with E-state index in [0.29, 0.717) is 12.3 Å². The molecule has 0 aliphatic carbocycles. The van der Waals surface area contributed by atoms with Gasteiger partial charge in [-0.05, 0) is 33.1 Å². The number of carbonyl (C=O) groups is 2. The number of likely N-dealkylation sites (tertiary alicyclic amines) is 1. The minimum absolute atomic E-state index is 0.121. The molecule has 1 aromatic rings. The molecule has 6 heteroatoms. The van der Waals surface area contributed by atoms with Gasteiger partial charge in [0.1, 0.15) is 5.76 Å². The highest BCUT2D eigenvalue weighted by Gasteiger charge is 2.28. The Labute approximate surface area is 105 Å². The monoisotopic (exact) mass is 251 g/mol. The van der Waals surface area contributed by atoms with Crippen LogP contribution in [0.2, 0.25) is 0 Å². The minimum Gasteiger partial charge on any atom is -0.360 e. The first kappa shape index (κ1) is 12.6. The predicted molar refractivity (Wildman–Crippen MR) is 64.9 cm³/mol. The van der Waals surface area contributed by atoms with E-state index in [9.17, 15) is 9.59 Å². The number of nitrogens with one attached hydrogen (secondary N) is 1. The molecule has 0 aromatic carbocycles. The highest BCUT2D eigenvalue weighted by Crippen LogP contribution is 2.17. The average Bonchev–Trinajstić information content (AvgIpc) is 2.74. The fourth-order valence-corrected chi connectivity index (χ4v) is 2.13. The van der Waals surface area contributed by atoms with E-state index in [4.69, 9.17) is 4.52 Å². The Morgan fingerprint density at radius 3 is 2.89 bits per heavy atom. The number of rotatable bonds is 1. The first-order chi connectivity index (χ1) is 8.58. The molecule has 0 bridgehead atoms. The van der Waals surface area contributed by atoms with Crippen LogP contribution in [-0.2, 0) is 9.59 Å². The van der Waals surface area contributed by atoms with E-state index in [1.54, 1.807) is 17.9 Å². The minimum atomic E-state index is -0.656. The Hall–Kier alpha value is -1.85. The maximum absolute atomic E-state index is 12.0. The second kappa shape index (κ2) is 5.20. The van der Waals surface area contributed by atoms with Gasteiger partial charge in [-0.15, -0.1) is 0 Å². The number of piperidine rings is 1. The van der Waals surface area contributed by atoms with Gasteiger partial charge in [-0.1, -0.05) is 5.16 Å². The molecule has 1 unspecified atom stereocenters. The van der Waals surface area contributed by atoms with Crippen LogP contribution in [0.1, 0.15) is 31.9 Å². The van der Waals surface area contributed by atoms with Gasteiger partial charge < -0.3 is 9.42 Å². The number of nitrogens with zero attached hydrogens (tertiary/aromatic N) is 2. The van der Waals surface area contributed by atoms with E-state index < -0.39 is 11.8 Å². The van der Waals surface area contributed by atoms with Crippen LogP contribution in [-0.4, -0.2) is 34.5 Å². The lowest BCUT2D eigenvalue weighted by Gasteiger charge is -2.32. The van der Waals surface area contributed by atoms with Gasteiger partial charge in [0.05, 0.1) is 0 Å². The first-order valence-electron chi connectivity index (χ1n) is 6.13. The molecule has 1 aliphatic rings. The van der Waals surface area contributed by atoms with Crippen LogP contribution in [0.15, 0.2) is 10.6 Å². The van der Waals surface area contributed by atoms with Crippen molar-refractivity contribution in [3.63, 3.8) is 0 Å². The van der Waals surface area contributed by atoms with Crippen molar-refractivity contribution in [2.75, 3.05) is 11.9 Å². The van der Waals surface area contributed by atoms with Gasteiger partial charge >= 0.3 is 11.8 Å². The van der Waals surface area contributed by atoms with Crippen molar-refractivity contribution in [2.24, 2.45) is 0 Å². The zero-order valence-corrected chi connectivity index (χ0v) is 10.6. The molecule has 2 amide bonds. The summed E-state index contributed by atoms with van der Waals surface area (Å²) in [5.41, 5.74) is 0. The standard InChI is InChI=1S/C12H17N3O3/c1-8-5-3-4-6-15(8)12(17)11(16)13-10-7-9(2)18-14-10/h7-8H,3-6H2,1-2H3,(H,13,14,16). The van der Waals surface area contributed by atoms with Gasteiger partial charge in [0.2, 0.25) is 0 Å². The quantitative estimate of drug-likeness (QED) is 0.764.